The molecule has 0 fully saturated rings. The Morgan fingerprint density at radius 2 is 1.89 bits per heavy atom. The number of hydrogen-bond donors (Lipinski definition) is 2. The average molecular weight is 280 g/mol. The fourth-order valence-corrected chi connectivity index (χ4v) is 2.32. The monoisotopic (exact) mass is 280 g/mol. The smallest absolute Gasteiger partial charge is 0.356 e. The molecule has 100 valence electrons. The molecule has 3 N–H and O–H groups in total. The zero-order valence-corrected chi connectivity index (χ0v) is 10.9. The molecule has 0 saturated carbocycles. The van der Waals surface area contributed by atoms with Crippen molar-refractivity contribution in [3.05, 3.63) is 42.1 Å². The molecule has 8 heteroatoms. The molecule has 0 atom stereocenters. The van der Waals surface area contributed by atoms with E-state index >= 15 is 0 Å². The molecule has 2 aromatic rings. The summed E-state index contributed by atoms with van der Waals surface area (Å²) in [5.74, 6) is 0.128. The van der Waals surface area contributed by atoms with Crippen LogP contribution in [0, 0.1) is 6.92 Å². The number of rotatable bonds is 2. The molecule has 1 heterocycles. The topological polar surface area (TPSA) is 107 Å². The number of carbonyl (C=O) groups excluding carboxylic acids is 1. The second-order valence-corrected chi connectivity index (χ2v) is 5.59. The highest BCUT2D eigenvalue weighted by Crippen LogP contribution is 2.10. The van der Waals surface area contributed by atoms with Gasteiger partial charge in [-0.25, -0.2) is 17.9 Å². The van der Waals surface area contributed by atoms with Gasteiger partial charge in [-0.3, -0.25) is 0 Å². The first kappa shape index (κ1) is 13.1. The van der Waals surface area contributed by atoms with E-state index in [2.05, 4.69) is 5.10 Å². The van der Waals surface area contributed by atoms with E-state index in [0.29, 0.717) is 0 Å². The van der Waals surface area contributed by atoms with Crippen LogP contribution in [0.1, 0.15) is 5.56 Å². The molecule has 7 nitrogen and oxygen atoms in total. The van der Waals surface area contributed by atoms with Gasteiger partial charge in [-0.1, -0.05) is 17.7 Å². The zero-order valence-electron chi connectivity index (χ0n) is 10.1. The highest BCUT2D eigenvalue weighted by atomic mass is 32.2. The third-order valence-corrected chi connectivity index (χ3v) is 3.71. The summed E-state index contributed by atoms with van der Waals surface area (Å²) < 4.78 is 26.6. The normalized spacial score (nSPS) is 11.2. The molecule has 0 aliphatic carbocycles. The summed E-state index contributed by atoms with van der Waals surface area (Å²) in [5.41, 5.74) is 6.27. The standard InChI is InChI=1S/C11H12N4O3S/c1-8-2-4-9(5-3-8)19(17,18)14-11(16)15-7-6-10(12)13-15/h2-7H,1H3,(H2,12,13)(H,14,16). The van der Waals surface area contributed by atoms with Crippen LogP contribution >= 0.6 is 0 Å². The molecule has 0 radical (unpaired) electrons. The van der Waals surface area contributed by atoms with E-state index in [4.69, 9.17) is 5.73 Å². The van der Waals surface area contributed by atoms with Gasteiger partial charge in [0.05, 0.1) is 4.90 Å². The predicted octanol–water partition coefficient (Wildman–Crippen LogP) is 0.720. The number of nitrogens with two attached hydrogens (primary N) is 1. The first-order valence-corrected chi connectivity index (χ1v) is 6.82. The number of aromatic nitrogens is 2. The Kier molecular flexibility index (Phi) is 3.26. The van der Waals surface area contributed by atoms with Gasteiger partial charge in [0.1, 0.15) is 5.82 Å². The lowest BCUT2D eigenvalue weighted by Gasteiger charge is -2.06. The van der Waals surface area contributed by atoms with E-state index < -0.39 is 16.1 Å². The van der Waals surface area contributed by atoms with E-state index in [-0.39, 0.29) is 10.7 Å². The molecular formula is C11H12N4O3S. The maximum absolute atomic E-state index is 11.9. The van der Waals surface area contributed by atoms with Gasteiger partial charge in [0.25, 0.3) is 10.0 Å². The summed E-state index contributed by atoms with van der Waals surface area (Å²) >= 11 is 0. The second kappa shape index (κ2) is 4.73. The predicted molar refractivity (Wildman–Crippen MR) is 68.9 cm³/mol. The number of aryl methyl sites for hydroxylation is 1. The van der Waals surface area contributed by atoms with Crippen LogP contribution in [-0.2, 0) is 10.0 Å². The van der Waals surface area contributed by atoms with Gasteiger partial charge in [-0.2, -0.15) is 4.68 Å². The van der Waals surface area contributed by atoms with Gasteiger partial charge in [-0.15, -0.1) is 5.10 Å². The lowest BCUT2D eigenvalue weighted by molar-refractivity contribution is 0.244. The van der Waals surface area contributed by atoms with Crippen LogP contribution in [0.25, 0.3) is 0 Å². The largest absolute Gasteiger partial charge is 0.382 e. The number of amides is 1. The fourth-order valence-electron chi connectivity index (χ4n) is 1.39. The Bertz CT molecular complexity index is 704. The Morgan fingerprint density at radius 3 is 2.42 bits per heavy atom. The SMILES string of the molecule is Cc1ccc(S(=O)(=O)NC(=O)n2ccc(N)n2)cc1. The van der Waals surface area contributed by atoms with Crippen molar-refractivity contribution in [3.63, 3.8) is 0 Å². The molecular weight excluding hydrogens is 268 g/mol. The van der Waals surface area contributed by atoms with Gasteiger partial charge in [0.15, 0.2) is 0 Å². The number of nitrogens with zero attached hydrogens (tertiary/aromatic N) is 2. The average Bonchev–Trinajstić information content (AvgIpc) is 2.76. The maximum Gasteiger partial charge on any atom is 0.356 e. The minimum Gasteiger partial charge on any atom is -0.382 e. The van der Waals surface area contributed by atoms with Crippen molar-refractivity contribution >= 4 is 21.9 Å². The number of carbonyl (C=O) groups is 1. The number of nitrogen functional groups attached to an aromatic ring is 1. The quantitative estimate of drug-likeness (QED) is 0.842. The molecule has 0 aliphatic heterocycles. The van der Waals surface area contributed by atoms with Crippen molar-refractivity contribution in [1.29, 1.82) is 0 Å². The van der Waals surface area contributed by atoms with Crippen molar-refractivity contribution in [2.75, 3.05) is 5.73 Å². The van der Waals surface area contributed by atoms with Crippen molar-refractivity contribution in [3.8, 4) is 0 Å². The summed E-state index contributed by atoms with van der Waals surface area (Å²) in [6, 6.07) is 6.62. The van der Waals surface area contributed by atoms with Gasteiger partial charge >= 0.3 is 6.03 Å². The van der Waals surface area contributed by atoms with Crippen molar-refractivity contribution in [2.45, 2.75) is 11.8 Å². The highest BCUT2D eigenvalue weighted by Gasteiger charge is 2.18. The molecule has 2 rings (SSSR count). The number of hydrogen-bond acceptors (Lipinski definition) is 5. The molecule has 0 bridgehead atoms. The first-order valence-electron chi connectivity index (χ1n) is 5.33. The first-order chi connectivity index (χ1) is 8.88. The highest BCUT2D eigenvalue weighted by molar-refractivity contribution is 7.90. The molecule has 1 aromatic carbocycles. The molecule has 0 unspecified atom stereocenters. The summed E-state index contributed by atoms with van der Waals surface area (Å²) in [4.78, 5) is 11.7. The van der Waals surface area contributed by atoms with Crippen molar-refractivity contribution in [2.24, 2.45) is 0 Å². The van der Waals surface area contributed by atoms with E-state index in [9.17, 15) is 13.2 Å². The maximum atomic E-state index is 11.9. The third kappa shape index (κ3) is 2.91. The molecule has 19 heavy (non-hydrogen) atoms. The van der Waals surface area contributed by atoms with Gasteiger partial charge in [0.2, 0.25) is 0 Å². The lowest BCUT2D eigenvalue weighted by atomic mass is 10.2. The summed E-state index contributed by atoms with van der Waals surface area (Å²) in [6.07, 6.45) is 1.27. The Labute approximate surface area is 110 Å². The van der Waals surface area contributed by atoms with Crippen molar-refractivity contribution < 1.29 is 13.2 Å². The minimum absolute atomic E-state index is 0.00609. The number of benzene rings is 1. The van der Waals surface area contributed by atoms with E-state index in [1.54, 1.807) is 12.1 Å². The van der Waals surface area contributed by atoms with Gasteiger partial charge in [0, 0.05) is 12.3 Å². The fraction of sp³-hybridized carbons (Fsp3) is 0.0909. The number of anilines is 1. The summed E-state index contributed by atoms with van der Waals surface area (Å²) in [6.45, 7) is 1.83. The summed E-state index contributed by atoms with van der Waals surface area (Å²) in [7, 11) is -3.92. The Morgan fingerprint density at radius 1 is 1.26 bits per heavy atom. The summed E-state index contributed by atoms with van der Waals surface area (Å²) in [5, 5.41) is 3.62. The van der Waals surface area contributed by atoms with Crippen LogP contribution in [0.4, 0.5) is 10.6 Å². The molecule has 0 spiro atoms. The van der Waals surface area contributed by atoms with Crippen LogP contribution < -0.4 is 10.5 Å². The Hall–Kier alpha value is -2.35. The van der Waals surface area contributed by atoms with Crippen LogP contribution in [0.5, 0.6) is 0 Å². The van der Waals surface area contributed by atoms with Crippen LogP contribution in [0.15, 0.2) is 41.4 Å². The molecule has 0 saturated heterocycles. The molecule has 1 aromatic heterocycles. The zero-order chi connectivity index (χ0) is 14.0. The van der Waals surface area contributed by atoms with E-state index in [1.165, 1.54) is 24.4 Å². The molecule has 1 amide bonds. The van der Waals surface area contributed by atoms with Crippen LogP contribution in [0.3, 0.4) is 0 Å². The molecule has 0 aliphatic rings. The number of nitrogens with one attached hydrogen (secondary N) is 1. The van der Waals surface area contributed by atoms with Crippen molar-refractivity contribution in [1.82, 2.24) is 14.5 Å². The third-order valence-electron chi connectivity index (χ3n) is 2.37. The van der Waals surface area contributed by atoms with E-state index in [1.807, 2.05) is 11.6 Å². The minimum atomic E-state index is -3.92. The van der Waals surface area contributed by atoms with Crippen LogP contribution in [0.2, 0.25) is 0 Å². The van der Waals surface area contributed by atoms with Gasteiger partial charge < -0.3 is 5.73 Å². The number of sulfonamides is 1. The second-order valence-electron chi connectivity index (χ2n) is 3.91. The van der Waals surface area contributed by atoms with Crippen LogP contribution in [-0.4, -0.2) is 24.2 Å². The van der Waals surface area contributed by atoms with Gasteiger partial charge in [-0.05, 0) is 19.1 Å². The lowest BCUT2D eigenvalue weighted by Crippen LogP contribution is -2.34. The Balaban J connectivity index is 2.22. The van der Waals surface area contributed by atoms with E-state index in [0.717, 1.165) is 10.2 Å².